The van der Waals surface area contributed by atoms with Gasteiger partial charge in [0.1, 0.15) is 5.70 Å². The van der Waals surface area contributed by atoms with Crippen LogP contribution >= 0.6 is 0 Å². The quantitative estimate of drug-likeness (QED) is 0.360. The smallest absolute Gasteiger partial charge is 0.351 e. The third kappa shape index (κ3) is 7.12. The van der Waals surface area contributed by atoms with Crippen molar-refractivity contribution in [2.24, 2.45) is 5.73 Å². The van der Waals surface area contributed by atoms with Crippen LogP contribution in [0.4, 0.5) is 0 Å². The Morgan fingerprint density at radius 3 is 2.46 bits per heavy atom. The number of unbranched alkanes of at least 4 members (excludes halogenated alkanes) is 4. The van der Waals surface area contributed by atoms with E-state index in [1.807, 2.05) is 6.08 Å². The van der Waals surface area contributed by atoms with E-state index in [1.165, 1.54) is 0 Å². The zero-order valence-corrected chi connectivity index (χ0v) is 7.83. The summed E-state index contributed by atoms with van der Waals surface area (Å²) in [5, 5.41) is 8.42. The van der Waals surface area contributed by atoms with Crippen LogP contribution in [0.1, 0.15) is 32.1 Å². The van der Waals surface area contributed by atoms with Gasteiger partial charge in [-0.1, -0.05) is 18.6 Å². The number of carboxylic acids is 1. The number of nitrogens with two attached hydrogens (primary N) is 1. The zero-order chi connectivity index (χ0) is 10.1. The van der Waals surface area contributed by atoms with Gasteiger partial charge >= 0.3 is 5.97 Å². The van der Waals surface area contributed by atoms with Gasteiger partial charge < -0.3 is 10.8 Å². The lowest BCUT2D eigenvalue weighted by atomic mass is 10.1. The highest BCUT2D eigenvalue weighted by atomic mass is 16.4. The summed E-state index contributed by atoms with van der Waals surface area (Å²) < 4.78 is 0. The maximum absolute atomic E-state index is 10.3. The molecule has 0 saturated carbocycles. The van der Waals surface area contributed by atoms with Gasteiger partial charge in [0, 0.05) is 0 Å². The lowest BCUT2D eigenvalue weighted by molar-refractivity contribution is -0.132. The second kappa shape index (κ2) is 7.40. The molecule has 0 aromatic heterocycles. The topological polar surface area (TPSA) is 63.3 Å². The Morgan fingerprint density at radius 2 is 1.92 bits per heavy atom. The highest BCUT2D eigenvalue weighted by Gasteiger charge is 1.98. The minimum absolute atomic E-state index is 0.0521. The summed E-state index contributed by atoms with van der Waals surface area (Å²) in [6.07, 6.45) is 8.42. The summed E-state index contributed by atoms with van der Waals surface area (Å²) in [6.45, 7) is 3.62. The van der Waals surface area contributed by atoms with Gasteiger partial charge in [0.05, 0.1) is 0 Å². The molecule has 0 heterocycles. The second-order valence-corrected chi connectivity index (χ2v) is 2.89. The Bertz CT molecular complexity index is 197. The first-order valence-corrected chi connectivity index (χ1v) is 4.48. The van der Waals surface area contributed by atoms with Crippen molar-refractivity contribution in [1.29, 1.82) is 0 Å². The predicted octanol–water partition coefficient (Wildman–Crippen LogP) is 2.05. The number of carbonyl (C=O) groups is 1. The second-order valence-electron chi connectivity index (χ2n) is 2.89. The molecule has 0 atom stereocenters. The Kier molecular flexibility index (Phi) is 6.69. The van der Waals surface area contributed by atoms with Gasteiger partial charge in [0.25, 0.3) is 0 Å². The molecule has 0 aliphatic rings. The van der Waals surface area contributed by atoms with Gasteiger partial charge in [-0.3, -0.25) is 0 Å². The molecule has 0 bridgehead atoms. The molecular weight excluding hydrogens is 166 g/mol. The SMILES string of the molecule is C=CCCCCCC=C(N)C(=O)O. The van der Waals surface area contributed by atoms with E-state index in [0.717, 1.165) is 32.1 Å². The van der Waals surface area contributed by atoms with Crippen LogP contribution < -0.4 is 5.73 Å². The molecule has 0 fully saturated rings. The minimum Gasteiger partial charge on any atom is -0.477 e. The largest absolute Gasteiger partial charge is 0.477 e. The maximum Gasteiger partial charge on any atom is 0.351 e. The summed E-state index contributed by atoms with van der Waals surface area (Å²) in [5.41, 5.74) is 5.15. The van der Waals surface area contributed by atoms with Gasteiger partial charge in [-0.25, -0.2) is 4.79 Å². The summed E-state index contributed by atoms with van der Waals surface area (Å²) in [4.78, 5) is 10.3. The first kappa shape index (κ1) is 11.8. The molecule has 3 heteroatoms. The fraction of sp³-hybridized carbons (Fsp3) is 0.500. The molecule has 3 N–H and O–H groups in total. The molecular formula is C10H17NO2. The first-order valence-electron chi connectivity index (χ1n) is 4.48. The Balaban J connectivity index is 3.39. The lowest BCUT2D eigenvalue weighted by Gasteiger charge is -1.96. The number of hydrogen-bond acceptors (Lipinski definition) is 2. The van der Waals surface area contributed by atoms with Crippen molar-refractivity contribution in [1.82, 2.24) is 0 Å². The van der Waals surface area contributed by atoms with E-state index in [4.69, 9.17) is 10.8 Å². The third-order valence-electron chi connectivity index (χ3n) is 1.72. The molecule has 0 aliphatic heterocycles. The van der Waals surface area contributed by atoms with Crippen LogP contribution in [-0.4, -0.2) is 11.1 Å². The van der Waals surface area contributed by atoms with Gasteiger partial charge in [0.15, 0.2) is 0 Å². The summed E-state index contributed by atoms with van der Waals surface area (Å²) in [6, 6.07) is 0. The number of aliphatic carboxylic acids is 1. The number of rotatable bonds is 7. The minimum atomic E-state index is -1.04. The van der Waals surface area contributed by atoms with Crippen molar-refractivity contribution < 1.29 is 9.90 Å². The molecule has 0 radical (unpaired) electrons. The highest BCUT2D eigenvalue weighted by molar-refractivity contribution is 5.85. The molecule has 0 amide bonds. The van der Waals surface area contributed by atoms with Crippen LogP contribution in [0.3, 0.4) is 0 Å². The van der Waals surface area contributed by atoms with E-state index < -0.39 is 5.97 Å². The van der Waals surface area contributed by atoms with Crippen molar-refractivity contribution in [2.75, 3.05) is 0 Å². The third-order valence-corrected chi connectivity index (χ3v) is 1.72. The van der Waals surface area contributed by atoms with Crippen LogP contribution in [0.5, 0.6) is 0 Å². The van der Waals surface area contributed by atoms with E-state index in [2.05, 4.69) is 6.58 Å². The summed E-state index contributed by atoms with van der Waals surface area (Å²) in [7, 11) is 0. The predicted molar refractivity (Wildman–Crippen MR) is 53.2 cm³/mol. The fourth-order valence-corrected chi connectivity index (χ4v) is 0.955. The van der Waals surface area contributed by atoms with Crippen LogP contribution in [0, 0.1) is 0 Å². The molecule has 13 heavy (non-hydrogen) atoms. The normalized spacial score (nSPS) is 11.2. The van der Waals surface area contributed by atoms with Crippen LogP contribution in [-0.2, 0) is 4.79 Å². The van der Waals surface area contributed by atoms with Gasteiger partial charge in [-0.05, 0) is 25.7 Å². The molecule has 0 aromatic carbocycles. The van der Waals surface area contributed by atoms with Crippen molar-refractivity contribution >= 4 is 5.97 Å². The zero-order valence-electron chi connectivity index (χ0n) is 7.83. The highest BCUT2D eigenvalue weighted by Crippen LogP contribution is 2.04. The Hall–Kier alpha value is -1.25. The number of carboxylic acid groups (broad SMARTS) is 1. The van der Waals surface area contributed by atoms with E-state index in [1.54, 1.807) is 6.08 Å². The van der Waals surface area contributed by atoms with E-state index >= 15 is 0 Å². The van der Waals surface area contributed by atoms with Gasteiger partial charge in [-0.15, -0.1) is 6.58 Å². The molecule has 74 valence electrons. The van der Waals surface area contributed by atoms with Crippen LogP contribution in [0.2, 0.25) is 0 Å². The average Bonchev–Trinajstić information content (AvgIpc) is 2.10. The average molecular weight is 183 g/mol. The Labute approximate surface area is 78.9 Å². The van der Waals surface area contributed by atoms with Gasteiger partial charge in [0.2, 0.25) is 0 Å². The molecule has 0 unspecified atom stereocenters. The molecule has 0 aliphatic carbocycles. The van der Waals surface area contributed by atoms with Crippen molar-refractivity contribution in [2.45, 2.75) is 32.1 Å². The number of allylic oxidation sites excluding steroid dienone is 2. The summed E-state index contributed by atoms with van der Waals surface area (Å²) >= 11 is 0. The van der Waals surface area contributed by atoms with Crippen molar-refractivity contribution in [3.8, 4) is 0 Å². The van der Waals surface area contributed by atoms with Crippen molar-refractivity contribution in [3.63, 3.8) is 0 Å². The van der Waals surface area contributed by atoms with Crippen LogP contribution in [0.25, 0.3) is 0 Å². The maximum atomic E-state index is 10.3. The van der Waals surface area contributed by atoms with E-state index in [9.17, 15) is 4.79 Å². The molecule has 0 rings (SSSR count). The van der Waals surface area contributed by atoms with Crippen LogP contribution in [0.15, 0.2) is 24.4 Å². The summed E-state index contributed by atoms with van der Waals surface area (Å²) in [5.74, 6) is -1.04. The first-order chi connectivity index (χ1) is 6.18. The van der Waals surface area contributed by atoms with E-state index in [-0.39, 0.29) is 5.70 Å². The fourth-order valence-electron chi connectivity index (χ4n) is 0.955. The molecule has 0 aromatic rings. The monoisotopic (exact) mass is 183 g/mol. The standard InChI is InChI=1S/C10H17NO2/c1-2-3-4-5-6-7-8-9(11)10(12)13/h2,8H,1,3-7,11H2,(H,12,13). The Morgan fingerprint density at radius 1 is 1.31 bits per heavy atom. The lowest BCUT2D eigenvalue weighted by Crippen LogP contribution is -2.09. The van der Waals surface area contributed by atoms with Crippen molar-refractivity contribution in [3.05, 3.63) is 24.4 Å². The molecule has 0 spiro atoms. The van der Waals surface area contributed by atoms with Gasteiger partial charge in [-0.2, -0.15) is 0 Å². The molecule has 0 saturated heterocycles. The number of hydrogen-bond donors (Lipinski definition) is 2. The van der Waals surface area contributed by atoms with E-state index in [0.29, 0.717) is 0 Å². The molecule has 3 nitrogen and oxygen atoms in total.